The lowest BCUT2D eigenvalue weighted by atomic mass is 9.90. The molecule has 52 heavy (non-hydrogen) atoms. The zero-order valence-corrected chi connectivity index (χ0v) is 31.2. The summed E-state index contributed by atoms with van der Waals surface area (Å²) < 4.78 is 16.4. The fraction of sp³-hybridized carbons (Fsp3) is 0.486. The molecule has 0 bridgehead atoms. The first kappa shape index (κ1) is 39.3. The summed E-state index contributed by atoms with van der Waals surface area (Å²) in [6, 6.07) is 9.88. The molecule has 15 heteroatoms. The Morgan fingerprint density at radius 2 is 1.35 bits per heavy atom. The van der Waals surface area contributed by atoms with Gasteiger partial charge in [0.1, 0.15) is 28.2 Å². The van der Waals surface area contributed by atoms with Gasteiger partial charge >= 0.3 is 24.2 Å². The number of aromatic nitrogens is 3. The highest BCUT2D eigenvalue weighted by molar-refractivity contribution is 6.09. The number of alkyl carbamates (subject to hydrolysis) is 1. The van der Waals surface area contributed by atoms with Crippen LogP contribution in [0.1, 0.15) is 98.4 Å². The molecular weight excluding hydrogens is 670 g/mol. The Kier molecular flexibility index (Phi) is 12.0. The third kappa shape index (κ3) is 11.5. The van der Waals surface area contributed by atoms with Gasteiger partial charge in [0.15, 0.2) is 5.82 Å². The van der Waals surface area contributed by atoms with Gasteiger partial charge in [-0.3, -0.25) is 0 Å². The predicted octanol–water partition coefficient (Wildman–Crippen LogP) is 7.90. The summed E-state index contributed by atoms with van der Waals surface area (Å²) in [7, 11) is 0. The molecule has 1 aromatic carbocycles. The van der Waals surface area contributed by atoms with E-state index in [2.05, 4.69) is 30.9 Å². The van der Waals surface area contributed by atoms with Crippen molar-refractivity contribution in [1.29, 1.82) is 0 Å². The van der Waals surface area contributed by atoms with E-state index in [0.29, 0.717) is 16.8 Å². The Bertz CT molecular complexity index is 1730. The molecule has 0 unspecified atom stereocenters. The number of ether oxygens (including phenoxy) is 3. The highest BCUT2D eigenvalue weighted by Crippen LogP contribution is 2.29. The number of carbonyl (C=O) groups is 4. The van der Waals surface area contributed by atoms with Crippen molar-refractivity contribution in [2.45, 2.75) is 117 Å². The topological polar surface area (TPSA) is 194 Å². The Labute approximate surface area is 303 Å². The van der Waals surface area contributed by atoms with Crippen LogP contribution >= 0.6 is 0 Å². The standard InChI is InChI=1S/C37H49N7O8/c1-35(2,3)50-32(47)42-27-13-11-10-12-26(27)41-31-39-21-25(30(45)46)29(43-31)40-24-16-14-22(15-17-24)23-18-19-38-28(20-23)44(33(48)51-36(4,5)6)34(49)52-37(7,8)9/h14-21,26-27H,10-13H2,1-9H3,(H,42,47)(H,45,46)(H2,39,40,41,43)/t26-,27+/m1/s1. The lowest BCUT2D eigenvalue weighted by molar-refractivity contribution is 0.0424. The minimum Gasteiger partial charge on any atom is -0.477 e. The van der Waals surface area contributed by atoms with E-state index in [4.69, 9.17) is 14.2 Å². The smallest absolute Gasteiger partial charge is 0.425 e. The molecule has 280 valence electrons. The maximum Gasteiger partial charge on any atom is 0.425 e. The summed E-state index contributed by atoms with van der Waals surface area (Å²) in [6.45, 7) is 15.5. The van der Waals surface area contributed by atoms with Crippen LogP contribution in [0.2, 0.25) is 0 Å². The van der Waals surface area contributed by atoms with Gasteiger partial charge in [-0.05, 0) is 111 Å². The summed E-state index contributed by atoms with van der Waals surface area (Å²) in [5, 5.41) is 19.2. The van der Waals surface area contributed by atoms with Gasteiger partial charge in [-0.25, -0.2) is 29.1 Å². The van der Waals surface area contributed by atoms with Crippen molar-refractivity contribution in [3.05, 3.63) is 54.4 Å². The van der Waals surface area contributed by atoms with Crippen molar-refractivity contribution in [2.75, 3.05) is 15.5 Å². The SMILES string of the molecule is CC(C)(C)OC(=O)N[C@H]1CCCC[C@H]1Nc1ncc(C(=O)O)c(Nc2ccc(-c3ccnc(N(C(=O)OC(C)(C)C)C(=O)OC(C)(C)C)c3)cc2)n1. The third-order valence-corrected chi connectivity index (χ3v) is 7.41. The molecule has 4 rings (SSSR count). The molecule has 1 aliphatic rings. The monoisotopic (exact) mass is 719 g/mol. The Morgan fingerprint density at radius 3 is 1.90 bits per heavy atom. The van der Waals surface area contributed by atoms with Gasteiger partial charge in [-0.1, -0.05) is 25.0 Å². The molecule has 4 N–H and O–H groups in total. The number of nitrogens with one attached hydrogen (secondary N) is 3. The van der Waals surface area contributed by atoms with Crippen LogP contribution in [0, 0.1) is 0 Å². The summed E-state index contributed by atoms with van der Waals surface area (Å²) >= 11 is 0. The van der Waals surface area contributed by atoms with E-state index in [1.54, 1.807) is 98.7 Å². The molecule has 2 heterocycles. The fourth-order valence-corrected chi connectivity index (χ4v) is 5.28. The van der Waals surface area contributed by atoms with Crippen LogP contribution in [-0.2, 0) is 14.2 Å². The fourth-order valence-electron chi connectivity index (χ4n) is 5.28. The molecule has 0 saturated heterocycles. The number of nitrogens with zero attached hydrogens (tertiary/aromatic N) is 4. The van der Waals surface area contributed by atoms with Crippen LogP contribution in [0.15, 0.2) is 48.8 Å². The van der Waals surface area contributed by atoms with E-state index in [1.165, 1.54) is 12.4 Å². The quantitative estimate of drug-likeness (QED) is 0.164. The van der Waals surface area contributed by atoms with E-state index in [9.17, 15) is 24.3 Å². The van der Waals surface area contributed by atoms with E-state index < -0.39 is 41.1 Å². The molecule has 0 spiro atoms. The van der Waals surface area contributed by atoms with Crippen LogP contribution in [-0.4, -0.2) is 73.2 Å². The Morgan fingerprint density at radius 1 is 0.769 bits per heavy atom. The van der Waals surface area contributed by atoms with Crippen molar-refractivity contribution >= 4 is 47.5 Å². The largest absolute Gasteiger partial charge is 0.477 e. The first-order chi connectivity index (χ1) is 24.2. The average molecular weight is 720 g/mol. The molecule has 15 nitrogen and oxygen atoms in total. The van der Waals surface area contributed by atoms with Crippen LogP contribution in [0.3, 0.4) is 0 Å². The number of rotatable bonds is 8. The number of aromatic carboxylic acids is 1. The minimum atomic E-state index is -1.21. The summed E-state index contributed by atoms with van der Waals surface area (Å²) in [6.07, 6.45) is 3.68. The molecule has 0 radical (unpaired) electrons. The number of hydrogen-bond donors (Lipinski definition) is 4. The second-order valence-electron chi connectivity index (χ2n) is 15.5. The first-order valence-corrected chi connectivity index (χ1v) is 17.1. The summed E-state index contributed by atoms with van der Waals surface area (Å²) in [5.74, 6) is -0.925. The highest BCUT2D eigenvalue weighted by atomic mass is 16.6. The number of amides is 3. The number of anilines is 4. The number of imide groups is 1. The van der Waals surface area contributed by atoms with Gasteiger partial charge in [0.2, 0.25) is 5.95 Å². The van der Waals surface area contributed by atoms with Crippen molar-refractivity contribution in [1.82, 2.24) is 20.3 Å². The third-order valence-electron chi connectivity index (χ3n) is 7.41. The van der Waals surface area contributed by atoms with E-state index >= 15 is 0 Å². The molecule has 3 aromatic rings. The van der Waals surface area contributed by atoms with Gasteiger partial charge in [-0.2, -0.15) is 9.88 Å². The molecule has 1 aliphatic carbocycles. The molecule has 3 amide bonds. The number of carboxylic acid groups (broad SMARTS) is 1. The van der Waals surface area contributed by atoms with E-state index in [-0.39, 0.29) is 35.2 Å². The number of pyridine rings is 1. The molecule has 1 fully saturated rings. The zero-order chi connectivity index (χ0) is 38.4. The lowest BCUT2D eigenvalue weighted by Gasteiger charge is -2.33. The molecule has 2 atom stereocenters. The maximum atomic E-state index is 13.1. The van der Waals surface area contributed by atoms with Crippen molar-refractivity contribution in [3.8, 4) is 11.1 Å². The van der Waals surface area contributed by atoms with Crippen LogP contribution in [0.25, 0.3) is 11.1 Å². The van der Waals surface area contributed by atoms with E-state index in [1.807, 2.05) is 0 Å². The predicted molar refractivity (Wildman–Crippen MR) is 196 cm³/mol. The second-order valence-corrected chi connectivity index (χ2v) is 15.5. The first-order valence-electron chi connectivity index (χ1n) is 17.1. The molecule has 2 aromatic heterocycles. The van der Waals surface area contributed by atoms with Gasteiger partial charge in [0.05, 0.1) is 6.04 Å². The van der Waals surface area contributed by atoms with E-state index in [0.717, 1.165) is 30.6 Å². The number of benzene rings is 1. The summed E-state index contributed by atoms with van der Waals surface area (Å²) in [4.78, 5) is 64.6. The maximum absolute atomic E-state index is 13.1. The lowest BCUT2D eigenvalue weighted by Crippen LogP contribution is -2.50. The number of carbonyl (C=O) groups excluding carboxylic acids is 3. The van der Waals surface area contributed by atoms with Crippen LogP contribution in [0.4, 0.5) is 37.7 Å². The van der Waals surface area contributed by atoms with Crippen LogP contribution in [0.5, 0.6) is 0 Å². The second kappa shape index (κ2) is 15.8. The molecule has 0 aliphatic heterocycles. The van der Waals surface area contributed by atoms with Gasteiger partial charge in [-0.15, -0.1) is 0 Å². The Hall–Kier alpha value is -5.47. The number of carboxylic acids is 1. The summed E-state index contributed by atoms with van der Waals surface area (Å²) in [5.41, 5.74) is -0.641. The molecular formula is C37H49N7O8. The van der Waals surface area contributed by atoms with Gasteiger partial charge in [0.25, 0.3) is 0 Å². The van der Waals surface area contributed by atoms with Gasteiger partial charge in [0, 0.05) is 24.1 Å². The average Bonchev–Trinajstić information content (AvgIpc) is 3.00. The highest BCUT2D eigenvalue weighted by Gasteiger charge is 2.34. The van der Waals surface area contributed by atoms with Crippen LogP contribution < -0.4 is 20.9 Å². The van der Waals surface area contributed by atoms with Crippen molar-refractivity contribution in [2.24, 2.45) is 0 Å². The number of hydrogen-bond acceptors (Lipinski definition) is 12. The normalized spacial score (nSPS) is 16.2. The zero-order valence-electron chi connectivity index (χ0n) is 31.2. The minimum absolute atomic E-state index is 0.0109. The Balaban J connectivity index is 1.55. The molecule has 1 saturated carbocycles. The van der Waals surface area contributed by atoms with Crippen molar-refractivity contribution in [3.63, 3.8) is 0 Å². The van der Waals surface area contributed by atoms with Crippen molar-refractivity contribution < 1.29 is 38.5 Å². The van der Waals surface area contributed by atoms with Gasteiger partial charge < -0.3 is 35.3 Å².